The molecule has 1 aliphatic heterocycles. The molecule has 4 rings (SSSR count). The molecule has 120 valence electrons. The number of aromatic nitrogens is 4. The maximum atomic E-state index is 5.42. The van der Waals surface area contributed by atoms with Gasteiger partial charge in [0.05, 0.1) is 17.1 Å². The second-order valence-electron chi connectivity index (χ2n) is 5.76. The van der Waals surface area contributed by atoms with Gasteiger partial charge in [-0.1, -0.05) is 18.1 Å². The summed E-state index contributed by atoms with van der Waals surface area (Å²) in [6, 6.07) is 6.47. The van der Waals surface area contributed by atoms with Gasteiger partial charge in [-0.25, -0.2) is 9.67 Å². The van der Waals surface area contributed by atoms with Crippen LogP contribution in [-0.4, -0.2) is 26.0 Å². The van der Waals surface area contributed by atoms with E-state index in [0.717, 1.165) is 53.8 Å². The topological polar surface area (TPSA) is 68.8 Å². The average Bonchev–Trinajstić information content (AvgIpc) is 3.30. The Morgan fingerprint density at radius 3 is 3.26 bits per heavy atom. The Hall–Kier alpha value is -1.99. The van der Waals surface area contributed by atoms with E-state index in [2.05, 4.69) is 27.5 Å². The summed E-state index contributed by atoms with van der Waals surface area (Å²) in [6.07, 6.45) is 2.95. The Bertz CT molecular complexity index is 776. The van der Waals surface area contributed by atoms with Gasteiger partial charge in [-0.2, -0.15) is 5.10 Å². The first kappa shape index (κ1) is 14.6. The fourth-order valence-electron chi connectivity index (χ4n) is 2.86. The summed E-state index contributed by atoms with van der Waals surface area (Å²) in [6.45, 7) is 3.68. The normalized spacial score (nSPS) is 17.3. The van der Waals surface area contributed by atoms with Crippen LogP contribution in [0.3, 0.4) is 0 Å². The van der Waals surface area contributed by atoms with Crippen LogP contribution in [0.25, 0.3) is 10.6 Å². The lowest BCUT2D eigenvalue weighted by Crippen LogP contribution is -2.37. The molecule has 3 aromatic rings. The standard InChI is InChI=1S/C16H19N5OS/c1-2-15-18-16-6-5-11(10-21(16)19-15)17-9-12-8-13(22-20-12)14-4-3-7-23-14/h3-4,7-8,11,17H,2,5-6,9-10H2,1H3. The van der Waals surface area contributed by atoms with Gasteiger partial charge in [-0.15, -0.1) is 11.3 Å². The van der Waals surface area contributed by atoms with Crippen LogP contribution in [0.4, 0.5) is 0 Å². The molecule has 0 saturated heterocycles. The van der Waals surface area contributed by atoms with Crippen molar-refractivity contribution in [2.24, 2.45) is 0 Å². The van der Waals surface area contributed by atoms with Crippen molar-refractivity contribution >= 4 is 11.3 Å². The molecular formula is C16H19N5OS. The third-order valence-corrected chi connectivity index (χ3v) is 5.00. The van der Waals surface area contributed by atoms with Crippen LogP contribution in [0.1, 0.15) is 30.7 Å². The van der Waals surface area contributed by atoms with Crippen molar-refractivity contribution in [2.75, 3.05) is 0 Å². The molecule has 4 heterocycles. The number of rotatable bonds is 5. The summed E-state index contributed by atoms with van der Waals surface area (Å²) in [4.78, 5) is 5.66. The van der Waals surface area contributed by atoms with Gasteiger partial charge in [-0.05, 0) is 17.9 Å². The number of nitrogens with one attached hydrogen (secondary N) is 1. The fourth-order valence-corrected chi connectivity index (χ4v) is 3.53. The van der Waals surface area contributed by atoms with Crippen LogP contribution in [0.5, 0.6) is 0 Å². The van der Waals surface area contributed by atoms with Gasteiger partial charge < -0.3 is 9.84 Å². The number of aryl methyl sites for hydroxylation is 2. The van der Waals surface area contributed by atoms with Gasteiger partial charge in [0.15, 0.2) is 11.6 Å². The van der Waals surface area contributed by atoms with E-state index in [-0.39, 0.29) is 0 Å². The predicted molar refractivity (Wildman–Crippen MR) is 88.2 cm³/mol. The Morgan fingerprint density at radius 2 is 2.43 bits per heavy atom. The molecule has 1 atom stereocenters. The summed E-state index contributed by atoms with van der Waals surface area (Å²) in [5, 5.41) is 14.3. The third-order valence-electron chi connectivity index (χ3n) is 4.11. The highest BCUT2D eigenvalue weighted by Gasteiger charge is 2.21. The largest absolute Gasteiger partial charge is 0.355 e. The van der Waals surface area contributed by atoms with E-state index in [1.807, 2.05) is 28.3 Å². The van der Waals surface area contributed by atoms with Crippen molar-refractivity contribution in [1.29, 1.82) is 0 Å². The molecule has 0 fully saturated rings. The Balaban J connectivity index is 1.36. The minimum atomic E-state index is 0.399. The highest BCUT2D eigenvalue weighted by Crippen LogP contribution is 2.25. The average molecular weight is 329 g/mol. The molecular weight excluding hydrogens is 310 g/mol. The molecule has 0 spiro atoms. The Kier molecular flexibility index (Phi) is 3.97. The zero-order valence-corrected chi connectivity index (χ0v) is 13.8. The summed E-state index contributed by atoms with van der Waals surface area (Å²) in [5.41, 5.74) is 0.937. The highest BCUT2D eigenvalue weighted by molar-refractivity contribution is 7.13. The smallest absolute Gasteiger partial charge is 0.177 e. The first-order valence-corrected chi connectivity index (χ1v) is 8.85. The quantitative estimate of drug-likeness (QED) is 0.779. The van der Waals surface area contributed by atoms with Crippen LogP contribution >= 0.6 is 11.3 Å². The van der Waals surface area contributed by atoms with Crippen LogP contribution in [0, 0.1) is 0 Å². The molecule has 0 bridgehead atoms. The zero-order valence-electron chi connectivity index (χ0n) is 13.0. The zero-order chi connectivity index (χ0) is 15.6. The maximum absolute atomic E-state index is 5.42. The summed E-state index contributed by atoms with van der Waals surface area (Å²) < 4.78 is 7.46. The van der Waals surface area contributed by atoms with Gasteiger partial charge in [-0.3, -0.25) is 0 Å². The minimum absolute atomic E-state index is 0.399. The lowest BCUT2D eigenvalue weighted by atomic mass is 10.1. The van der Waals surface area contributed by atoms with Crippen molar-refractivity contribution in [3.63, 3.8) is 0 Å². The van der Waals surface area contributed by atoms with Crippen molar-refractivity contribution in [2.45, 2.75) is 45.3 Å². The number of fused-ring (bicyclic) bond motifs is 1. The maximum Gasteiger partial charge on any atom is 0.177 e. The molecule has 0 amide bonds. The van der Waals surface area contributed by atoms with Crippen molar-refractivity contribution in [3.8, 4) is 10.6 Å². The first-order chi connectivity index (χ1) is 11.3. The third kappa shape index (κ3) is 3.07. The highest BCUT2D eigenvalue weighted by atomic mass is 32.1. The van der Waals surface area contributed by atoms with E-state index in [4.69, 9.17) is 4.52 Å². The van der Waals surface area contributed by atoms with Gasteiger partial charge in [0.25, 0.3) is 0 Å². The van der Waals surface area contributed by atoms with E-state index in [9.17, 15) is 0 Å². The van der Waals surface area contributed by atoms with E-state index in [1.54, 1.807) is 11.3 Å². The fraction of sp³-hybridized carbons (Fsp3) is 0.438. The number of nitrogens with zero attached hydrogens (tertiary/aromatic N) is 4. The summed E-state index contributed by atoms with van der Waals surface area (Å²) in [5.74, 6) is 2.89. The van der Waals surface area contributed by atoms with Gasteiger partial charge >= 0.3 is 0 Å². The molecule has 6 nitrogen and oxygen atoms in total. The predicted octanol–water partition coefficient (Wildman–Crippen LogP) is 2.66. The van der Waals surface area contributed by atoms with E-state index in [0.29, 0.717) is 12.6 Å². The lowest BCUT2D eigenvalue weighted by molar-refractivity contribution is 0.350. The second kappa shape index (κ2) is 6.25. The van der Waals surface area contributed by atoms with E-state index < -0.39 is 0 Å². The molecule has 0 radical (unpaired) electrons. The molecule has 1 aliphatic rings. The Morgan fingerprint density at radius 1 is 1.48 bits per heavy atom. The van der Waals surface area contributed by atoms with E-state index in [1.165, 1.54) is 0 Å². The van der Waals surface area contributed by atoms with E-state index >= 15 is 0 Å². The van der Waals surface area contributed by atoms with Crippen LogP contribution in [-0.2, 0) is 25.9 Å². The molecule has 23 heavy (non-hydrogen) atoms. The SMILES string of the molecule is CCc1nc2n(n1)CC(NCc1cc(-c3cccs3)on1)CC2. The summed E-state index contributed by atoms with van der Waals surface area (Å²) in [7, 11) is 0. The molecule has 1 N–H and O–H groups in total. The van der Waals surface area contributed by atoms with Crippen molar-refractivity contribution in [3.05, 3.63) is 40.9 Å². The molecule has 0 aliphatic carbocycles. The minimum Gasteiger partial charge on any atom is -0.355 e. The number of thiophene rings is 1. The van der Waals surface area contributed by atoms with Crippen molar-refractivity contribution in [1.82, 2.24) is 25.2 Å². The molecule has 1 unspecified atom stereocenters. The Labute approximate surface area is 138 Å². The molecule has 7 heteroatoms. The molecule has 0 saturated carbocycles. The first-order valence-electron chi connectivity index (χ1n) is 7.97. The molecule has 0 aromatic carbocycles. The van der Waals surface area contributed by atoms with Gasteiger partial charge in [0, 0.05) is 31.5 Å². The van der Waals surface area contributed by atoms with Crippen LogP contribution in [0.2, 0.25) is 0 Å². The monoisotopic (exact) mass is 329 g/mol. The van der Waals surface area contributed by atoms with Gasteiger partial charge in [0.2, 0.25) is 0 Å². The molecule has 3 aromatic heterocycles. The van der Waals surface area contributed by atoms with Gasteiger partial charge in [0.1, 0.15) is 5.82 Å². The van der Waals surface area contributed by atoms with Crippen molar-refractivity contribution < 1.29 is 4.52 Å². The lowest BCUT2D eigenvalue weighted by Gasteiger charge is -2.23. The number of hydrogen-bond donors (Lipinski definition) is 1. The number of hydrogen-bond acceptors (Lipinski definition) is 6. The summed E-state index contributed by atoms with van der Waals surface area (Å²) >= 11 is 1.66. The second-order valence-corrected chi connectivity index (χ2v) is 6.70. The van der Waals surface area contributed by atoms with Crippen LogP contribution in [0.15, 0.2) is 28.1 Å². The van der Waals surface area contributed by atoms with Crippen LogP contribution < -0.4 is 5.32 Å².